The maximum absolute atomic E-state index is 12.2. The quantitative estimate of drug-likeness (QED) is 0.429. The molecule has 0 radical (unpaired) electrons. The SMILES string of the molecule is Nc1ccc(CCNC(=O)c2ccc(C(=O)NCCc3ccc(N)cc3)nc2)cc1. The summed E-state index contributed by atoms with van der Waals surface area (Å²) in [4.78, 5) is 28.6. The van der Waals surface area contributed by atoms with Gasteiger partial charge in [0.2, 0.25) is 0 Å². The van der Waals surface area contributed by atoms with Crippen LogP contribution in [-0.2, 0) is 12.8 Å². The van der Waals surface area contributed by atoms with E-state index < -0.39 is 0 Å². The first-order valence-electron chi connectivity index (χ1n) is 9.72. The molecule has 7 heteroatoms. The first-order valence-corrected chi connectivity index (χ1v) is 9.72. The summed E-state index contributed by atoms with van der Waals surface area (Å²) < 4.78 is 0. The summed E-state index contributed by atoms with van der Waals surface area (Å²) in [6, 6.07) is 18.2. The first-order chi connectivity index (χ1) is 14.5. The second-order valence-corrected chi connectivity index (χ2v) is 6.93. The minimum atomic E-state index is -0.277. The van der Waals surface area contributed by atoms with E-state index in [-0.39, 0.29) is 17.5 Å². The highest BCUT2D eigenvalue weighted by atomic mass is 16.2. The number of nitrogen functional groups attached to an aromatic ring is 2. The summed E-state index contributed by atoms with van der Waals surface area (Å²) in [7, 11) is 0. The lowest BCUT2D eigenvalue weighted by Gasteiger charge is -2.07. The van der Waals surface area contributed by atoms with E-state index in [0.29, 0.717) is 42.9 Å². The smallest absolute Gasteiger partial charge is 0.269 e. The van der Waals surface area contributed by atoms with E-state index >= 15 is 0 Å². The zero-order valence-electron chi connectivity index (χ0n) is 16.6. The van der Waals surface area contributed by atoms with Crippen LogP contribution in [0.5, 0.6) is 0 Å². The van der Waals surface area contributed by atoms with E-state index in [9.17, 15) is 9.59 Å². The van der Waals surface area contributed by atoms with E-state index in [0.717, 1.165) is 11.1 Å². The van der Waals surface area contributed by atoms with Crippen molar-refractivity contribution in [3.63, 3.8) is 0 Å². The summed E-state index contributed by atoms with van der Waals surface area (Å²) in [5.74, 6) is -0.506. The molecule has 30 heavy (non-hydrogen) atoms. The molecule has 6 N–H and O–H groups in total. The summed E-state index contributed by atoms with van der Waals surface area (Å²) in [6.07, 6.45) is 2.81. The molecule has 7 nitrogen and oxygen atoms in total. The maximum atomic E-state index is 12.2. The molecule has 0 saturated carbocycles. The number of nitrogens with one attached hydrogen (secondary N) is 2. The van der Waals surface area contributed by atoms with Gasteiger partial charge in [0.1, 0.15) is 5.69 Å². The van der Waals surface area contributed by atoms with E-state index in [1.54, 1.807) is 12.1 Å². The number of hydrogen-bond donors (Lipinski definition) is 4. The Morgan fingerprint density at radius 2 is 1.20 bits per heavy atom. The minimum Gasteiger partial charge on any atom is -0.399 e. The van der Waals surface area contributed by atoms with Crippen LogP contribution in [0.3, 0.4) is 0 Å². The molecule has 1 aromatic heterocycles. The van der Waals surface area contributed by atoms with Crippen molar-refractivity contribution >= 4 is 23.2 Å². The Labute approximate surface area is 175 Å². The number of nitrogens with zero attached hydrogens (tertiary/aromatic N) is 1. The molecule has 2 amide bonds. The molecular weight excluding hydrogens is 378 g/mol. The average Bonchev–Trinajstić information content (AvgIpc) is 2.76. The number of aromatic nitrogens is 1. The zero-order valence-corrected chi connectivity index (χ0v) is 16.6. The third-order valence-corrected chi connectivity index (χ3v) is 4.62. The molecular formula is C23H25N5O2. The first kappa shape index (κ1) is 20.9. The maximum Gasteiger partial charge on any atom is 0.269 e. The lowest BCUT2D eigenvalue weighted by molar-refractivity contribution is 0.0938. The molecule has 0 atom stereocenters. The molecule has 3 rings (SSSR count). The number of carbonyl (C=O) groups excluding carboxylic acids is 2. The van der Waals surface area contributed by atoms with Crippen LogP contribution in [-0.4, -0.2) is 29.9 Å². The third-order valence-electron chi connectivity index (χ3n) is 4.62. The van der Waals surface area contributed by atoms with Gasteiger partial charge in [-0.25, -0.2) is 0 Å². The Morgan fingerprint density at radius 1 is 0.700 bits per heavy atom. The molecule has 0 aliphatic heterocycles. The van der Waals surface area contributed by atoms with Crippen LogP contribution in [0.25, 0.3) is 0 Å². The van der Waals surface area contributed by atoms with Gasteiger partial charge in [-0.2, -0.15) is 0 Å². The summed E-state index contributed by atoms with van der Waals surface area (Å²) >= 11 is 0. The topological polar surface area (TPSA) is 123 Å². The fourth-order valence-electron chi connectivity index (χ4n) is 2.86. The molecule has 0 aliphatic rings. The lowest BCUT2D eigenvalue weighted by atomic mass is 10.1. The summed E-state index contributed by atoms with van der Waals surface area (Å²) in [5.41, 5.74) is 15.6. The van der Waals surface area contributed by atoms with Gasteiger partial charge in [-0.05, 0) is 60.4 Å². The van der Waals surface area contributed by atoms with Crippen LogP contribution in [0.4, 0.5) is 11.4 Å². The molecule has 3 aromatic rings. The van der Waals surface area contributed by atoms with Gasteiger partial charge in [-0.3, -0.25) is 14.6 Å². The van der Waals surface area contributed by atoms with Crippen molar-refractivity contribution < 1.29 is 9.59 Å². The number of hydrogen-bond acceptors (Lipinski definition) is 5. The number of carbonyl (C=O) groups is 2. The molecule has 154 valence electrons. The summed E-state index contributed by atoms with van der Waals surface area (Å²) in [6.45, 7) is 0.980. The molecule has 0 unspecified atom stereocenters. The predicted octanol–water partition coefficient (Wildman–Crippen LogP) is 2.19. The van der Waals surface area contributed by atoms with Crippen molar-refractivity contribution in [1.29, 1.82) is 0 Å². The number of nitrogens with two attached hydrogens (primary N) is 2. The van der Waals surface area contributed by atoms with Gasteiger partial charge >= 0.3 is 0 Å². The molecule has 2 aromatic carbocycles. The highest BCUT2D eigenvalue weighted by Gasteiger charge is 2.10. The standard InChI is InChI=1S/C23H25N5O2/c24-19-6-1-16(2-7-19)11-13-26-22(29)18-5-10-21(28-15-18)23(30)27-14-12-17-3-8-20(25)9-4-17/h1-10,15H,11-14,24-25H2,(H,26,29)(H,27,30). The molecule has 0 saturated heterocycles. The molecule has 0 fully saturated rings. The van der Waals surface area contributed by atoms with E-state index in [1.165, 1.54) is 6.20 Å². The van der Waals surface area contributed by atoms with Crippen LogP contribution < -0.4 is 22.1 Å². The van der Waals surface area contributed by atoms with Gasteiger partial charge < -0.3 is 22.1 Å². The monoisotopic (exact) mass is 403 g/mol. The minimum absolute atomic E-state index is 0.228. The molecule has 0 aliphatic carbocycles. The van der Waals surface area contributed by atoms with Crippen LogP contribution in [0.2, 0.25) is 0 Å². The van der Waals surface area contributed by atoms with Crippen LogP contribution in [0.1, 0.15) is 32.0 Å². The lowest BCUT2D eigenvalue weighted by Crippen LogP contribution is -2.28. The van der Waals surface area contributed by atoms with Gasteiger partial charge in [0, 0.05) is 30.7 Å². The average molecular weight is 403 g/mol. The van der Waals surface area contributed by atoms with Gasteiger partial charge in [-0.1, -0.05) is 24.3 Å². The van der Waals surface area contributed by atoms with Crippen molar-refractivity contribution in [2.24, 2.45) is 0 Å². The van der Waals surface area contributed by atoms with Crippen LogP contribution in [0.15, 0.2) is 66.9 Å². The van der Waals surface area contributed by atoms with Crippen molar-refractivity contribution in [2.45, 2.75) is 12.8 Å². The van der Waals surface area contributed by atoms with Crippen molar-refractivity contribution in [2.75, 3.05) is 24.6 Å². The van der Waals surface area contributed by atoms with E-state index in [4.69, 9.17) is 11.5 Å². The van der Waals surface area contributed by atoms with Gasteiger partial charge in [0.05, 0.1) is 5.56 Å². The third kappa shape index (κ3) is 6.07. The second kappa shape index (κ2) is 10.1. The Morgan fingerprint density at radius 3 is 1.67 bits per heavy atom. The van der Waals surface area contributed by atoms with Crippen LogP contribution >= 0.6 is 0 Å². The number of benzene rings is 2. The Bertz CT molecular complexity index is 901. The van der Waals surface area contributed by atoms with Crippen molar-refractivity contribution in [1.82, 2.24) is 15.6 Å². The van der Waals surface area contributed by atoms with E-state index in [1.807, 2.05) is 48.5 Å². The fourth-order valence-corrected chi connectivity index (χ4v) is 2.86. The van der Waals surface area contributed by atoms with Crippen molar-refractivity contribution in [3.8, 4) is 0 Å². The van der Waals surface area contributed by atoms with Crippen molar-refractivity contribution in [3.05, 3.63) is 89.2 Å². The molecule has 1 heterocycles. The Kier molecular flexibility index (Phi) is 7.00. The summed E-state index contributed by atoms with van der Waals surface area (Å²) in [5, 5.41) is 5.67. The molecule has 0 bridgehead atoms. The fraction of sp³-hybridized carbons (Fsp3) is 0.174. The second-order valence-electron chi connectivity index (χ2n) is 6.93. The number of pyridine rings is 1. The number of amides is 2. The zero-order chi connectivity index (χ0) is 21.3. The van der Waals surface area contributed by atoms with Gasteiger partial charge in [-0.15, -0.1) is 0 Å². The van der Waals surface area contributed by atoms with E-state index in [2.05, 4.69) is 15.6 Å². The van der Waals surface area contributed by atoms with Gasteiger partial charge in [0.15, 0.2) is 0 Å². The predicted molar refractivity (Wildman–Crippen MR) is 118 cm³/mol. The molecule has 0 spiro atoms. The highest BCUT2D eigenvalue weighted by molar-refractivity contribution is 5.96. The number of rotatable bonds is 8. The Balaban J connectivity index is 1.43. The van der Waals surface area contributed by atoms with Gasteiger partial charge in [0.25, 0.3) is 11.8 Å². The normalized spacial score (nSPS) is 10.4. The van der Waals surface area contributed by atoms with Crippen LogP contribution in [0, 0.1) is 0 Å². The largest absolute Gasteiger partial charge is 0.399 e. The Hall–Kier alpha value is -3.87. The highest BCUT2D eigenvalue weighted by Crippen LogP contribution is 2.07. The number of anilines is 2.